The molecule has 0 radical (unpaired) electrons. The molecule has 4 N–H and O–H groups in total. The van der Waals surface area contributed by atoms with Crippen LogP contribution in [0.15, 0.2) is 0 Å². The molecular formula is C14H33BN2. The largest absolute Gasteiger partial charge is 0.326 e. The van der Waals surface area contributed by atoms with Crippen LogP contribution in [0, 0.1) is 5.92 Å². The maximum absolute atomic E-state index is 6.13. The Hall–Kier alpha value is -0.0151. The van der Waals surface area contributed by atoms with Gasteiger partial charge in [-0.2, -0.15) is 0 Å². The summed E-state index contributed by atoms with van der Waals surface area (Å²) in [5.41, 5.74) is 12.1. The lowest BCUT2D eigenvalue weighted by Crippen LogP contribution is -2.36. The van der Waals surface area contributed by atoms with Crippen molar-refractivity contribution in [3.63, 3.8) is 0 Å². The first-order chi connectivity index (χ1) is 7.55. The first-order valence-corrected chi connectivity index (χ1v) is 7.13. The van der Waals surface area contributed by atoms with E-state index < -0.39 is 0 Å². The summed E-state index contributed by atoms with van der Waals surface area (Å²) in [5.74, 6) is 1.46. The van der Waals surface area contributed by atoms with Gasteiger partial charge < -0.3 is 11.5 Å². The molecule has 0 aromatic rings. The van der Waals surface area contributed by atoms with Crippen LogP contribution in [0.5, 0.6) is 0 Å². The van der Waals surface area contributed by atoms with Crippen LogP contribution >= 0.6 is 0 Å². The van der Waals surface area contributed by atoms with Gasteiger partial charge in [0, 0.05) is 11.1 Å². The molecule has 2 atom stereocenters. The number of hydrogen-bond acceptors (Lipinski definition) is 2. The van der Waals surface area contributed by atoms with Crippen LogP contribution in [-0.4, -0.2) is 18.4 Å². The zero-order valence-electron chi connectivity index (χ0n) is 12.8. The summed E-state index contributed by atoms with van der Waals surface area (Å²) in [6.45, 7) is 13.1. The van der Waals surface area contributed by atoms with Gasteiger partial charge in [0.05, 0.1) is 0 Å². The molecule has 2 nitrogen and oxygen atoms in total. The maximum Gasteiger partial charge on any atom is 0.124 e. The molecule has 102 valence electrons. The molecule has 0 aromatic carbocycles. The molecular weight excluding hydrogens is 207 g/mol. The second kappa shape index (κ2) is 6.79. The van der Waals surface area contributed by atoms with Gasteiger partial charge in [-0.3, -0.25) is 0 Å². The second-order valence-corrected chi connectivity index (χ2v) is 7.25. The minimum absolute atomic E-state index is 0.0378. The highest BCUT2D eigenvalue weighted by Gasteiger charge is 2.24. The fourth-order valence-corrected chi connectivity index (χ4v) is 2.64. The molecule has 0 aromatic heterocycles. The molecule has 0 rings (SSSR count). The Morgan fingerprint density at radius 1 is 1.06 bits per heavy atom. The highest BCUT2D eigenvalue weighted by Crippen LogP contribution is 2.31. The average Bonchev–Trinajstić information content (AvgIpc) is 2.07. The molecule has 17 heavy (non-hydrogen) atoms. The average molecular weight is 240 g/mol. The predicted octanol–water partition coefficient (Wildman–Crippen LogP) is 2.93. The third-order valence-corrected chi connectivity index (χ3v) is 3.47. The van der Waals surface area contributed by atoms with E-state index in [1.54, 1.807) is 0 Å². The van der Waals surface area contributed by atoms with E-state index >= 15 is 0 Å². The van der Waals surface area contributed by atoms with Gasteiger partial charge in [0.25, 0.3) is 0 Å². The third kappa shape index (κ3) is 9.67. The predicted molar refractivity (Wildman–Crippen MR) is 80.9 cm³/mol. The van der Waals surface area contributed by atoms with Crippen molar-refractivity contribution >= 4 is 7.28 Å². The van der Waals surface area contributed by atoms with Gasteiger partial charge >= 0.3 is 0 Å². The lowest BCUT2D eigenvalue weighted by atomic mass is 9.54. The first kappa shape index (κ1) is 17.0. The summed E-state index contributed by atoms with van der Waals surface area (Å²) in [6.07, 6.45) is 4.69. The molecule has 0 aliphatic rings. The summed E-state index contributed by atoms with van der Waals surface area (Å²) in [5, 5.41) is 0. The molecule has 0 amide bonds. The maximum atomic E-state index is 6.13. The van der Waals surface area contributed by atoms with Crippen LogP contribution in [0.25, 0.3) is 0 Å². The monoisotopic (exact) mass is 240 g/mol. The van der Waals surface area contributed by atoms with Crippen molar-refractivity contribution < 1.29 is 0 Å². The summed E-state index contributed by atoms with van der Waals surface area (Å²) in [6, 6.07) is 0. The van der Waals surface area contributed by atoms with Crippen molar-refractivity contribution in [3.05, 3.63) is 0 Å². The molecule has 0 saturated heterocycles. The van der Waals surface area contributed by atoms with Crippen LogP contribution in [0.2, 0.25) is 12.1 Å². The minimum atomic E-state index is -0.0519. The summed E-state index contributed by atoms with van der Waals surface area (Å²) < 4.78 is 0. The van der Waals surface area contributed by atoms with E-state index in [-0.39, 0.29) is 11.1 Å². The second-order valence-electron chi connectivity index (χ2n) is 7.25. The van der Waals surface area contributed by atoms with Gasteiger partial charge in [-0.1, -0.05) is 32.4 Å². The molecule has 2 unspecified atom stereocenters. The minimum Gasteiger partial charge on any atom is -0.326 e. The van der Waals surface area contributed by atoms with Gasteiger partial charge in [0.1, 0.15) is 7.28 Å². The molecule has 0 bridgehead atoms. The van der Waals surface area contributed by atoms with Gasteiger partial charge in [0.15, 0.2) is 0 Å². The van der Waals surface area contributed by atoms with Gasteiger partial charge in [-0.25, -0.2) is 0 Å². The molecule has 0 heterocycles. The first-order valence-electron chi connectivity index (χ1n) is 7.13. The number of rotatable bonds is 8. The van der Waals surface area contributed by atoms with E-state index in [4.69, 9.17) is 11.5 Å². The normalized spacial score (nSPS) is 16.7. The zero-order chi connectivity index (χ0) is 13.7. The molecule has 3 heteroatoms. The quantitative estimate of drug-likeness (QED) is 0.641. The van der Waals surface area contributed by atoms with Crippen LogP contribution in [0.4, 0.5) is 0 Å². The van der Waals surface area contributed by atoms with Crippen molar-refractivity contribution in [2.24, 2.45) is 17.4 Å². The van der Waals surface area contributed by atoms with E-state index in [9.17, 15) is 0 Å². The Morgan fingerprint density at radius 3 is 1.94 bits per heavy atom. The van der Waals surface area contributed by atoms with E-state index in [1.807, 2.05) is 0 Å². The lowest BCUT2D eigenvalue weighted by Gasteiger charge is -2.31. The Labute approximate surface area is 109 Å². The zero-order valence-corrected chi connectivity index (χ0v) is 12.8. The summed E-state index contributed by atoms with van der Waals surface area (Å²) >= 11 is 0. The van der Waals surface area contributed by atoms with Crippen LogP contribution in [0.1, 0.15) is 60.8 Å². The molecule has 0 aliphatic heterocycles. The highest BCUT2D eigenvalue weighted by atomic mass is 14.7. The topological polar surface area (TPSA) is 52.0 Å². The van der Waals surface area contributed by atoms with Gasteiger partial charge in [-0.15, -0.1) is 0 Å². The fraction of sp³-hybridized carbons (Fsp3) is 1.00. The Bertz CT molecular complexity index is 203. The van der Waals surface area contributed by atoms with Crippen molar-refractivity contribution in [1.29, 1.82) is 0 Å². The molecule has 0 spiro atoms. The Kier molecular flexibility index (Phi) is 6.79. The Balaban J connectivity index is 4.31. The highest BCUT2D eigenvalue weighted by molar-refractivity contribution is 6.37. The Morgan fingerprint density at radius 2 is 1.59 bits per heavy atom. The van der Waals surface area contributed by atoms with Crippen LogP contribution < -0.4 is 11.5 Å². The van der Waals surface area contributed by atoms with E-state index in [0.717, 1.165) is 18.7 Å². The number of hydrogen-bond donors (Lipinski definition) is 2. The summed E-state index contributed by atoms with van der Waals surface area (Å²) in [7, 11) is 1.30. The van der Waals surface area contributed by atoms with Gasteiger partial charge in [-0.05, 0) is 46.5 Å². The van der Waals surface area contributed by atoms with E-state index in [0.29, 0.717) is 5.92 Å². The van der Waals surface area contributed by atoms with Crippen molar-refractivity contribution in [2.75, 3.05) is 0 Å². The van der Waals surface area contributed by atoms with Crippen molar-refractivity contribution in [3.8, 4) is 0 Å². The SMILES string of the molecule is CCBC(CCC(C)(C)N)C(C)CC(C)(C)N. The van der Waals surface area contributed by atoms with Gasteiger partial charge in [0.2, 0.25) is 0 Å². The lowest BCUT2D eigenvalue weighted by molar-refractivity contribution is 0.339. The molecule has 0 fully saturated rings. The molecule has 0 aliphatic carbocycles. The van der Waals surface area contributed by atoms with Crippen molar-refractivity contribution in [2.45, 2.75) is 84.0 Å². The van der Waals surface area contributed by atoms with Crippen molar-refractivity contribution in [1.82, 2.24) is 0 Å². The summed E-state index contributed by atoms with van der Waals surface area (Å²) in [4.78, 5) is 0. The van der Waals surface area contributed by atoms with E-state index in [2.05, 4.69) is 41.5 Å². The standard InChI is InChI=1S/C14H33BN2/c1-7-15-12(8-9-13(3,4)16)11(2)10-14(5,6)17/h11-12,15H,7-10,16-17H2,1-6H3. The smallest absolute Gasteiger partial charge is 0.124 e. The number of nitrogens with two attached hydrogens (primary N) is 2. The third-order valence-electron chi connectivity index (χ3n) is 3.47. The van der Waals surface area contributed by atoms with Crippen LogP contribution in [0.3, 0.4) is 0 Å². The fourth-order valence-electron chi connectivity index (χ4n) is 2.64. The molecule has 0 saturated carbocycles. The van der Waals surface area contributed by atoms with Crippen LogP contribution in [-0.2, 0) is 0 Å². The van der Waals surface area contributed by atoms with E-state index in [1.165, 1.54) is 20.0 Å².